The predicted molar refractivity (Wildman–Crippen MR) is 108 cm³/mol. The van der Waals surface area contributed by atoms with Crippen LogP contribution < -0.4 is 0 Å². The van der Waals surface area contributed by atoms with Crippen molar-refractivity contribution in [2.45, 2.75) is 20.4 Å². The van der Waals surface area contributed by atoms with Crippen LogP contribution in [0, 0.1) is 13.8 Å². The fourth-order valence-electron chi connectivity index (χ4n) is 3.21. The second kappa shape index (κ2) is 7.23. The number of nitrogens with zero attached hydrogens (tertiary/aromatic N) is 5. The molecule has 0 atom stereocenters. The molecule has 1 amide bonds. The highest BCUT2D eigenvalue weighted by Crippen LogP contribution is 2.20. The van der Waals surface area contributed by atoms with Crippen LogP contribution in [0.1, 0.15) is 27.6 Å². The van der Waals surface area contributed by atoms with E-state index in [9.17, 15) is 4.79 Å². The molecule has 0 saturated heterocycles. The van der Waals surface area contributed by atoms with Crippen LogP contribution in [-0.4, -0.2) is 37.4 Å². The van der Waals surface area contributed by atoms with Gasteiger partial charge in [-0.2, -0.15) is 4.98 Å². The van der Waals surface area contributed by atoms with Crippen molar-refractivity contribution in [3.05, 3.63) is 83.4 Å². The Balaban J connectivity index is 1.51. The van der Waals surface area contributed by atoms with Crippen LogP contribution in [-0.2, 0) is 6.54 Å². The summed E-state index contributed by atoms with van der Waals surface area (Å²) in [5.74, 6) is 0.376. The van der Waals surface area contributed by atoms with E-state index >= 15 is 0 Å². The van der Waals surface area contributed by atoms with Gasteiger partial charge >= 0.3 is 0 Å². The molecule has 0 aliphatic heterocycles. The molecule has 28 heavy (non-hydrogen) atoms. The third-order valence-corrected chi connectivity index (χ3v) is 4.64. The Morgan fingerprint density at radius 1 is 0.964 bits per heavy atom. The Labute approximate surface area is 163 Å². The zero-order chi connectivity index (χ0) is 19.7. The zero-order valence-corrected chi connectivity index (χ0v) is 16.1. The Hall–Kier alpha value is -3.54. The van der Waals surface area contributed by atoms with E-state index in [1.807, 2.05) is 50.2 Å². The van der Waals surface area contributed by atoms with Crippen molar-refractivity contribution in [1.29, 1.82) is 0 Å². The molecule has 6 heteroatoms. The SMILES string of the molecule is Cc1cc(C)n2nc(C(=O)N(C)Cc3ccc(-c4ccccc4)cc3)nc2n1. The molecule has 0 bridgehead atoms. The fraction of sp³-hybridized carbons (Fsp3) is 0.182. The molecule has 140 valence electrons. The minimum absolute atomic E-state index is 0.157. The van der Waals surface area contributed by atoms with E-state index in [2.05, 4.69) is 39.3 Å². The van der Waals surface area contributed by atoms with Crippen LogP contribution in [0.4, 0.5) is 0 Å². The lowest BCUT2D eigenvalue weighted by Gasteiger charge is -2.15. The maximum atomic E-state index is 12.8. The van der Waals surface area contributed by atoms with Crippen molar-refractivity contribution in [3.63, 3.8) is 0 Å². The van der Waals surface area contributed by atoms with Gasteiger partial charge in [-0.15, -0.1) is 5.10 Å². The number of aromatic nitrogens is 4. The van der Waals surface area contributed by atoms with Crippen molar-refractivity contribution in [1.82, 2.24) is 24.5 Å². The summed E-state index contributed by atoms with van der Waals surface area (Å²) < 4.78 is 1.60. The summed E-state index contributed by atoms with van der Waals surface area (Å²) >= 11 is 0. The van der Waals surface area contributed by atoms with E-state index in [0.717, 1.165) is 22.5 Å². The molecule has 4 aromatic rings. The topological polar surface area (TPSA) is 63.4 Å². The molecule has 2 aromatic heterocycles. The highest BCUT2D eigenvalue weighted by atomic mass is 16.2. The van der Waals surface area contributed by atoms with Crippen LogP contribution in [0.25, 0.3) is 16.9 Å². The molecule has 4 rings (SSSR count). The Morgan fingerprint density at radius 3 is 2.36 bits per heavy atom. The van der Waals surface area contributed by atoms with E-state index in [-0.39, 0.29) is 11.7 Å². The van der Waals surface area contributed by atoms with E-state index < -0.39 is 0 Å². The summed E-state index contributed by atoms with van der Waals surface area (Å²) in [6.07, 6.45) is 0. The lowest BCUT2D eigenvalue weighted by molar-refractivity contribution is 0.0773. The summed E-state index contributed by atoms with van der Waals surface area (Å²) in [5, 5.41) is 4.32. The van der Waals surface area contributed by atoms with Gasteiger partial charge in [0.05, 0.1) is 0 Å². The van der Waals surface area contributed by atoms with Gasteiger partial charge in [0.15, 0.2) is 0 Å². The maximum absolute atomic E-state index is 12.8. The van der Waals surface area contributed by atoms with Gasteiger partial charge in [-0.3, -0.25) is 4.79 Å². The monoisotopic (exact) mass is 371 g/mol. The van der Waals surface area contributed by atoms with Crippen molar-refractivity contribution in [3.8, 4) is 11.1 Å². The molecule has 2 heterocycles. The second-order valence-electron chi connectivity index (χ2n) is 6.91. The van der Waals surface area contributed by atoms with Gasteiger partial charge in [0.1, 0.15) is 0 Å². The minimum atomic E-state index is -0.227. The fourth-order valence-corrected chi connectivity index (χ4v) is 3.21. The molecule has 6 nitrogen and oxygen atoms in total. The Bertz CT molecular complexity index is 1130. The third kappa shape index (κ3) is 3.49. The number of hydrogen-bond acceptors (Lipinski definition) is 4. The van der Waals surface area contributed by atoms with Crippen LogP contribution in [0.2, 0.25) is 0 Å². The van der Waals surface area contributed by atoms with E-state index in [4.69, 9.17) is 0 Å². The summed E-state index contributed by atoms with van der Waals surface area (Å²) in [7, 11) is 1.75. The van der Waals surface area contributed by atoms with Crippen LogP contribution >= 0.6 is 0 Å². The standard InChI is InChI=1S/C22H21N5O/c1-15-13-16(2)27-22(23-15)24-20(25-27)21(28)26(3)14-17-9-11-19(12-10-17)18-7-5-4-6-8-18/h4-13H,14H2,1-3H3. The van der Waals surface area contributed by atoms with Gasteiger partial charge in [-0.25, -0.2) is 9.50 Å². The van der Waals surface area contributed by atoms with Crippen molar-refractivity contribution >= 4 is 11.7 Å². The Morgan fingerprint density at radius 2 is 1.64 bits per heavy atom. The predicted octanol–water partition coefficient (Wildman–Crippen LogP) is 3.68. The lowest BCUT2D eigenvalue weighted by Crippen LogP contribution is -2.27. The largest absolute Gasteiger partial charge is 0.335 e. The van der Waals surface area contributed by atoms with Crippen molar-refractivity contribution < 1.29 is 4.79 Å². The number of rotatable bonds is 4. The molecule has 0 fully saturated rings. The molecule has 0 saturated carbocycles. The zero-order valence-electron chi connectivity index (χ0n) is 16.1. The normalized spacial score (nSPS) is 11.0. The second-order valence-corrected chi connectivity index (χ2v) is 6.91. The van der Waals surface area contributed by atoms with Gasteiger partial charge in [0.25, 0.3) is 11.7 Å². The number of aryl methyl sites for hydroxylation is 2. The van der Waals surface area contributed by atoms with Gasteiger partial charge in [-0.1, -0.05) is 54.6 Å². The van der Waals surface area contributed by atoms with Gasteiger partial charge in [0.2, 0.25) is 5.82 Å². The van der Waals surface area contributed by atoms with Gasteiger partial charge in [0, 0.05) is 25.0 Å². The van der Waals surface area contributed by atoms with Gasteiger partial charge in [-0.05, 0) is 36.6 Å². The number of carbonyl (C=O) groups excluding carboxylic acids is 1. The van der Waals surface area contributed by atoms with Crippen LogP contribution in [0.5, 0.6) is 0 Å². The maximum Gasteiger partial charge on any atom is 0.293 e. The number of carbonyl (C=O) groups is 1. The van der Waals surface area contributed by atoms with E-state index in [0.29, 0.717) is 12.3 Å². The quantitative estimate of drug-likeness (QED) is 0.549. The third-order valence-electron chi connectivity index (χ3n) is 4.64. The molecule has 2 aromatic carbocycles. The highest BCUT2D eigenvalue weighted by molar-refractivity contribution is 5.90. The van der Waals surface area contributed by atoms with Crippen LogP contribution in [0.15, 0.2) is 60.7 Å². The number of benzene rings is 2. The molecule has 0 N–H and O–H groups in total. The van der Waals surface area contributed by atoms with Crippen molar-refractivity contribution in [2.24, 2.45) is 0 Å². The summed E-state index contributed by atoms with van der Waals surface area (Å²) in [4.78, 5) is 23.0. The molecule has 0 spiro atoms. The smallest absolute Gasteiger partial charge is 0.293 e. The highest BCUT2D eigenvalue weighted by Gasteiger charge is 2.19. The minimum Gasteiger partial charge on any atom is -0.335 e. The number of amides is 1. The number of fused-ring (bicyclic) bond motifs is 1. The van der Waals surface area contributed by atoms with Crippen molar-refractivity contribution in [2.75, 3.05) is 7.05 Å². The average molecular weight is 371 g/mol. The first kappa shape index (κ1) is 17.9. The van der Waals surface area contributed by atoms with Crippen LogP contribution in [0.3, 0.4) is 0 Å². The summed E-state index contributed by atoms with van der Waals surface area (Å²) in [6.45, 7) is 4.30. The van der Waals surface area contributed by atoms with E-state index in [1.54, 1.807) is 16.5 Å². The molecule has 0 radical (unpaired) electrons. The lowest BCUT2D eigenvalue weighted by atomic mass is 10.0. The first-order valence-electron chi connectivity index (χ1n) is 9.12. The van der Waals surface area contributed by atoms with Gasteiger partial charge < -0.3 is 4.90 Å². The molecular weight excluding hydrogens is 350 g/mol. The Kier molecular flexibility index (Phi) is 4.61. The summed E-state index contributed by atoms with van der Waals surface area (Å²) in [5.41, 5.74) is 5.11. The molecule has 0 aliphatic rings. The van der Waals surface area contributed by atoms with E-state index in [1.165, 1.54) is 5.56 Å². The molecule has 0 unspecified atom stereocenters. The first-order chi connectivity index (χ1) is 13.5. The molecular formula is C22H21N5O. The number of hydrogen-bond donors (Lipinski definition) is 0. The first-order valence-corrected chi connectivity index (χ1v) is 9.12. The summed E-state index contributed by atoms with van der Waals surface area (Å²) in [6, 6.07) is 20.3. The average Bonchev–Trinajstić information content (AvgIpc) is 3.13. The molecule has 0 aliphatic carbocycles.